The highest BCUT2D eigenvalue weighted by Crippen LogP contribution is 2.29. The number of anilines is 1. The number of hydrogen-bond donors (Lipinski definition) is 1. The molecule has 1 heterocycles. The Morgan fingerprint density at radius 3 is 2.46 bits per heavy atom. The van der Waals surface area contributed by atoms with Gasteiger partial charge in [-0.2, -0.15) is 4.31 Å². The maximum Gasteiger partial charge on any atom is 0.293 e. The molecule has 0 atom stereocenters. The van der Waals surface area contributed by atoms with Gasteiger partial charge in [0.15, 0.2) is 0 Å². The largest absolute Gasteiger partial charge is 0.379 e. The molecule has 0 radical (unpaired) electrons. The van der Waals surface area contributed by atoms with Crippen molar-refractivity contribution in [3.63, 3.8) is 0 Å². The quantitative estimate of drug-likeness (QED) is 0.460. The fourth-order valence-electron chi connectivity index (χ4n) is 2.80. The molecule has 2 rings (SSSR count). The Kier molecular flexibility index (Phi) is 6.56. The average Bonchev–Trinajstić information content (AvgIpc) is 2.84. The Balaban J connectivity index is 2.29. The lowest BCUT2D eigenvalue weighted by atomic mass is 10.2. The normalized spacial score (nSPS) is 16.5. The molecule has 1 fully saturated rings. The minimum Gasteiger partial charge on any atom is -0.379 e. The predicted octanol–water partition coefficient (Wildman–Crippen LogP) is 3.37. The van der Waals surface area contributed by atoms with Crippen molar-refractivity contribution in [1.29, 1.82) is 0 Å². The fourth-order valence-corrected chi connectivity index (χ4v) is 4.34. The molecule has 24 heavy (non-hydrogen) atoms. The molecule has 7 nitrogen and oxygen atoms in total. The number of hydrogen-bond acceptors (Lipinski definition) is 5. The Bertz CT molecular complexity index is 668. The van der Waals surface area contributed by atoms with E-state index in [1.54, 1.807) is 0 Å². The monoisotopic (exact) mass is 355 g/mol. The van der Waals surface area contributed by atoms with E-state index in [1.165, 1.54) is 22.5 Å². The predicted molar refractivity (Wildman–Crippen MR) is 93.7 cm³/mol. The van der Waals surface area contributed by atoms with Gasteiger partial charge in [0.05, 0.1) is 9.82 Å². The van der Waals surface area contributed by atoms with Crippen LogP contribution in [0, 0.1) is 10.1 Å². The molecule has 0 aliphatic carbocycles. The molecule has 1 aromatic rings. The van der Waals surface area contributed by atoms with Crippen LogP contribution in [-0.4, -0.2) is 37.3 Å². The number of nitrogens with one attached hydrogen (secondary N) is 1. The van der Waals surface area contributed by atoms with Gasteiger partial charge in [-0.1, -0.05) is 26.2 Å². The van der Waals surface area contributed by atoms with E-state index in [0.717, 1.165) is 38.5 Å². The summed E-state index contributed by atoms with van der Waals surface area (Å²) in [5.74, 6) is 0. The van der Waals surface area contributed by atoms with Crippen LogP contribution in [0.1, 0.15) is 45.4 Å². The summed E-state index contributed by atoms with van der Waals surface area (Å²) in [4.78, 5) is 10.8. The van der Waals surface area contributed by atoms with Crippen LogP contribution in [0.4, 0.5) is 11.4 Å². The third-order valence-corrected chi connectivity index (χ3v) is 6.11. The second kappa shape index (κ2) is 8.43. The van der Waals surface area contributed by atoms with Gasteiger partial charge < -0.3 is 5.32 Å². The molecule has 1 aromatic carbocycles. The van der Waals surface area contributed by atoms with Crippen LogP contribution in [0.3, 0.4) is 0 Å². The summed E-state index contributed by atoms with van der Waals surface area (Å²) in [5, 5.41) is 14.3. The van der Waals surface area contributed by atoms with E-state index in [1.807, 2.05) is 6.92 Å². The van der Waals surface area contributed by atoms with Crippen molar-refractivity contribution in [3.8, 4) is 0 Å². The first-order chi connectivity index (χ1) is 11.5. The van der Waals surface area contributed by atoms with Crippen molar-refractivity contribution >= 4 is 21.4 Å². The van der Waals surface area contributed by atoms with Crippen LogP contribution in [0.2, 0.25) is 0 Å². The molecule has 1 aliphatic heterocycles. The van der Waals surface area contributed by atoms with Crippen LogP contribution < -0.4 is 5.32 Å². The Labute approximate surface area is 143 Å². The van der Waals surface area contributed by atoms with E-state index in [-0.39, 0.29) is 10.6 Å². The number of nitrogens with zero attached hydrogens (tertiary/aromatic N) is 2. The van der Waals surface area contributed by atoms with Gasteiger partial charge in [0.2, 0.25) is 10.0 Å². The summed E-state index contributed by atoms with van der Waals surface area (Å²) in [5.41, 5.74) is 0.172. The number of nitro benzene ring substituents is 1. The third-order valence-electron chi connectivity index (χ3n) is 4.21. The average molecular weight is 355 g/mol. The van der Waals surface area contributed by atoms with E-state index in [4.69, 9.17) is 0 Å². The first-order valence-electron chi connectivity index (χ1n) is 8.49. The molecule has 1 saturated heterocycles. The van der Waals surface area contributed by atoms with Crippen molar-refractivity contribution in [2.75, 3.05) is 25.0 Å². The first kappa shape index (κ1) is 18.7. The van der Waals surface area contributed by atoms with Crippen LogP contribution >= 0.6 is 0 Å². The second-order valence-electron chi connectivity index (χ2n) is 6.03. The van der Waals surface area contributed by atoms with E-state index in [0.29, 0.717) is 25.3 Å². The van der Waals surface area contributed by atoms with Gasteiger partial charge in [-0.15, -0.1) is 0 Å². The first-order valence-corrected chi connectivity index (χ1v) is 9.93. The van der Waals surface area contributed by atoms with E-state index >= 15 is 0 Å². The van der Waals surface area contributed by atoms with Crippen molar-refractivity contribution in [2.45, 2.75) is 50.3 Å². The lowest BCUT2D eigenvalue weighted by molar-refractivity contribution is -0.384. The number of nitro groups is 1. The standard InChI is InChI=1S/C16H25N3O4S/c1-2-3-10-17-15-9-8-14(13-16(15)19(20)21)24(22,23)18-11-6-4-5-7-12-18/h8-9,13,17H,2-7,10-12H2,1H3. The number of benzene rings is 1. The second-order valence-corrected chi connectivity index (χ2v) is 7.97. The molecule has 1 aliphatic rings. The molecule has 0 saturated carbocycles. The molecule has 134 valence electrons. The SMILES string of the molecule is CCCCNc1ccc(S(=O)(=O)N2CCCCCC2)cc1[N+](=O)[O-]. The fraction of sp³-hybridized carbons (Fsp3) is 0.625. The molecule has 0 spiro atoms. The van der Waals surface area contributed by atoms with Crippen LogP contribution in [0.5, 0.6) is 0 Å². The Morgan fingerprint density at radius 1 is 1.21 bits per heavy atom. The van der Waals surface area contributed by atoms with Gasteiger partial charge in [0, 0.05) is 25.7 Å². The van der Waals surface area contributed by atoms with Gasteiger partial charge in [-0.05, 0) is 31.4 Å². The van der Waals surface area contributed by atoms with Gasteiger partial charge >= 0.3 is 0 Å². The minimum atomic E-state index is -3.68. The highest BCUT2D eigenvalue weighted by molar-refractivity contribution is 7.89. The maximum absolute atomic E-state index is 12.8. The topological polar surface area (TPSA) is 92.6 Å². The Morgan fingerprint density at radius 2 is 1.88 bits per heavy atom. The molecule has 0 bridgehead atoms. The van der Waals surface area contributed by atoms with E-state index in [9.17, 15) is 18.5 Å². The highest BCUT2D eigenvalue weighted by atomic mass is 32.2. The summed E-state index contributed by atoms with van der Waals surface area (Å²) in [6, 6.07) is 4.13. The van der Waals surface area contributed by atoms with Gasteiger partial charge in [-0.3, -0.25) is 10.1 Å². The van der Waals surface area contributed by atoms with Crippen LogP contribution in [-0.2, 0) is 10.0 Å². The van der Waals surface area contributed by atoms with Gasteiger partial charge in [0.25, 0.3) is 5.69 Å². The van der Waals surface area contributed by atoms with Crippen molar-refractivity contribution < 1.29 is 13.3 Å². The number of unbranched alkanes of at least 4 members (excludes halogenated alkanes) is 1. The summed E-state index contributed by atoms with van der Waals surface area (Å²) < 4.78 is 27.0. The molecule has 0 unspecified atom stereocenters. The summed E-state index contributed by atoms with van der Waals surface area (Å²) in [7, 11) is -3.68. The van der Waals surface area contributed by atoms with Crippen molar-refractivity contribution in [2.24, 2.45) is 0 Å². The van der Waals surface area contributed by atoms with Crippen LogP contribution in [0.15, 0.2) is 23.1 Å². The smallest absolute Gasteiger partial charge is 0.293 e. The lowest BCUT2D eigenvalue weighted by Crippen LogP contribution is -2.32. The van der Waals surface area contributed by atoms with Gasteiger partial charge in [0.1, 0.15) is 5.69 Å². The molecule has 0 amide bonds. The molecular weight excluding hydrogens is 330 g/mol. The minimum absolute atomic E-state index is 0.00265. The number of sulfonamides is 1. The summed E-state index contributed by atoms with van der Waals surface area (Å²) in [6.45, 7) is 3.61. The molecule has 1 N–H and O–H groups in total. The summed E-state index contributed by atoms with van der Waals surface area (Å²) in [6.07, 6.45) is 5.57. The zero-order valence-electron chi connectivity index (χ0n) is 14.0. The third kappa shape index (κ3) is 4.45. The van der Waals surface area contributed by atoms with E-state index in [2.05, 4.69) is 5.32 Å². The van der Waals surface area contributed by atoms with E-state index < -0.39 is 14.9 Å². The highest BCUT2D eigenvalue weighted by Gasteiger charge is 2.27. The molecular formula is C16H25N3O4S. The van der Waals surface area contributed by atoms with Crippen molar-refractivity contribution in [3.05, 3.63) is 28.3 Å². The van der Waals surface area contributed by atoms with Gasteiger partial charge in [-0.25, -0.2) is 8.42 Å². The zero-order chi connectivity index (χ0) is 17.6. The zero-order valence-corrected chi connectivity index (χ0v) is 14.8. The number of rotatable bonds is 7. The maximum atomic E-state index is 12.8. The Hall–Kier alpha value is -1.67. The molecule has 0 aromatic heterocycles. The lowest BCUT2D eigenvalue weighted by Gasteiger charge is -2.20. The van der Waals surface area contributed by atoms with Crippen molar-refractivity contribution in [1.82, 2.24) is 4.31 Å². The van der Waals surface area contributed by atoms with Crippen LogP contribution in [0.25, 0.3) is 0 Å². The molecule has 8 heteroatoms. The summed E-state index contributed by atoms with van der Waals surface area (Å²) >= 11 is 0.